The second-order valence-electron chi connectivity index (χ2n) is 6.82. The number of carbonyl (C=O) groups is 1. The molecule has 2 aliphatic rings. The minimum absolute atomic E-state index is 0.369. The highest BCUT2D eigenvalue weighted by Crippen LogP contribution is 2.30. The van der Waals surface area contributed by atoms with Gasteiger partial charge in [0.15, 0.2) is 0 Å². The Hall–Kier alpha value is -1.35. The normalized spacial score (nSPS) is 19.1. The van der Waals surface area contributed by atoms with E-state index in [9.17, 15) is 4.79 Å². The minimum Gasteiger partial charge on any atom is -0.335 e. The van der Waals surface area contributed by atoms with Gasteiger partial charge in [0.2, 0.25) is 5.91 Å². The van der Waals surface area contributed by atoms with Gasteiger partial charge < -0.3 is 10.2 Å². The maximum atomic E-state index is 12.7. The van der Waals surface area contributed by atoms with Crippen LogP contribution in [0.15, 0.2) is 24.3 Å². The molecule has 3 rings (SSSR count). The smallest absolute Gasteiger partial charge is 0.223 e. The number of hydrogen-bond acceptors (Lipinski definition) is 2. The van der Waals surface area contributed by atoms with Crippen molar-refractivity contribution in [3.8, 4) is 0 Å². The van der Waals surface area contributed by atoms with Gasteiger partial charge in [-0.25, -0.2) is 0 Å². The summed E-state index contributed by atoms with van der Waals surface area (Å²) in [5, 5.41) is 3.38. The average Bonchev–Trinajstić information content (AvgIpc) is 3.39. The third-order valence-electron chi connectivity index (χ3n) is 5.01. The fourth-order valence-corrected chi connectivity index (χ4v) is 3.33. The molecular formula is C19H28N2O. The summed E-state index contributed by atoms with van der Waals surface area (Å²) in [4.78, 5) is 14.9. The zero-order valence-corrected chi connectivity index (χ0v) is 13.7. The van der Waals surface area contributed by atoms with Crippen LogP contribution in [0.5, 0.6) is 0 Å². The Morgan fingerprint density at radius 2 is 1.73 bits per heavy atom. The molecule has 1 saturated heterocycles. The third kappa shape index (κ3) is 4.10. The Morgan fingerprint density at radius 1 is 1.09 bits per heavy atom. The predicted octanol–water partition coefficient (Wildman–Crippen LogP) is 3.13. The fourth-order valence-electron chi connectivity index (χ4n) is 3.33. The summed E-state index contributed by atoms with van der Waals surface area (Å²) >= 11 is 0. The van der Waals surface area contributed by atoms with Crippen molar-refractivity contribution < 1.29 is 4.79 Å². The first-order valence-electron chi connectivity index (χ1n) is 8.84. The lowest BCUT2D eigenvalue weighted by Gasteiger charge is -2.27. The monoisotopic (exact) mass is 300 g/mol. The van der Waals surface area contributed by atoms with Crippen LogP contribution in [0.1, 0.15) is 50.2 Å². The van der Waals surface area contributed by atoms with Crippen molar-refractivity contribution >= 4 is 5.91 Å². The van der Waals surface area contributed by atoms with Gasteiger partial charge in [-0.1, -0.05) is 31.2 Å². The van der Waals surface area contributed by atoms with Crippen molar-refractivity contribution in [1.29, 1.82) is 0 Å². The molecule has 1 aromatic carbocycles. The highest BCUT2D eigenvalue weighted by atomic mass is 16.2. The molecule has 1 aromatic rings. The second kappa shape index (κ2) is 7.28. The van der Waals surface area contributed by atoms with E-state index in [1.54, 1.807) is 0 Å². The molecule has 1 amide bonds. The van der Waals surface area contributed by atoms with E-state index in [1.165, 1.54) is 24.0 Å². The van der Waals surface area contributed by atoms with E-state index in [2.05, 4.69) is 41.4 Å². The zero-order chi connectivity index (χ0) is 15.4. The van der Waals surface area contributed by atoms with Crippen molar-refractivity contribution in [2.75, 3.05) is 13.1 Å². The minimum atomic E-state index is 0.369. The zero-order valence-electron chi connectivity index (χ0n) is 13.7. The molecular weight excluding hydrogens is 272 g/mol. The fraction of sp³-hybridized carbons (Fsp3) is 0.632. The van der Waals surface area contributed by atoms with Crippen molar-refractivity contribution in [3.63, 3.8) is 0 Å². The molecule has 2 fully saturated rings. The average molecular weight is 300 g/mol. The maximum absolute atomic E-state index is 12.7. The summed E-state index contributed by atoms with van der Waals surface area (Å²) in [5.74, 6) is 0.950. The molecule has 0 aromatic heterocycles. The number of hydrogen-bond donors (Lipinski definition) is 1. The molecule has 0 radical (unpaired) electrons. The Morgan fingerprint density at radius 3 is 2.32 bits per heavy atom. The molecule has 1 aliphatic carbocycles. The number of rotatable bonds is 6. The number of benzene rings is 1. The van der Waals surface area contributed by atoms with Gasteiger partial charge in [-0.05, 0) is 62.2 Å². The van der Waals surface area contributed by atoms with E-state index in [-0.39, 0.29) is 0 Å². The van der Waals surface area contributed by atoms with Crippen LogP contribution in [0.25, 0.3) is 0 Å². The van der Waals surface area contributed by atoms with Gasteiger partial charge in [-0.3, -0.25) is 4.79 Å². The highest BCUT2D eigenvalue weighted by Gasteiger charge is 2.33. The van der Waals surface area contributed by atoms with E-state index < -0.39 is 0 Å². The van der Waals surface area contributed by atoms with Crippen LogP contribution >= 0.6 is 0 Å². The lowest BCUT2D eigenvalue weighted by atomic mass is 9.94. The summed E-state index contributed by atoms with van der Waals surface area (Å²) < 4.78 is 0. The summed E-state index contributed by atoms with van der Waals surface area (Å²) in [5.41, 5.74) is 2.63. The number of carbonyl (C=O) groups excluding carboxylic acids is 1. The first-order valence-corrected chi connectivity index (χ1v) is 8.84. The summed E-state index contributed by atoms with van der Waals surface area (Å²) in [6.07, 6.45) is 6.48. The van der Waals surface area contributed by atoms with E-state index in [0.717, 1.165) is 45.3 Å². The first kappa shape index (κ1) is 15.5. The molecule has 1 aliphatic heterocycles. The SMILES string of the molecule is CCc1ccc(CN(C(=O)CC2CCNCC2)C2CC2)cc1. The number of nitrogens with zero attached hydrogens (tertiary/aromatic N) is 1. The molecule has 0 bridgehead atoms. The quantitative estimate of drug-likeness (QED) is 0.875. The summed E-state index contributed by atoms with van der Waals surface area (Å²) in [7, 11) is 0. The first-order chi connectivity index (χ1) is 10.8. The second-order valence-corrected chi connectivity index (χ2v) is 6.82. The highest BCUT2D eigenvalue weighted by molar-refractivity contribution is 5.77. The van der Waals surface area contributed by atoms with Crippen LogP contribution < -0.4 is 5.32 Å². The van der Waals surface area contributed by atoms with E-state index >= 15 is 0 Å². The van der Waals surface area contributed by atoms with Crippen molar-refractivity contribution in [3.05, 3.63) is 35.4 Å². The van der Waals surface area contributed by atoms with E-state index in [0.29, 0.717) is 17.9 Å². The van der Waals surface area contributed by atoms with Gasteiger partial charge in [-0.2, -0.15) is 0 Å². The van der Waals surface area contributed by atoms with Crippen LogP contribution in [0.2, 0.25) is 0 Å². The Kier molecular flexibility index (Phi) is 5.14. The summed E-state index contributed by atoms with van der Waals surface area (Å²) in [6, 6.07) is 9.26. The van der Waals surface area contributed by atoms with Crippen LogP contribution in [0.3, 0.4) is 0 Å². The van der Waals surface area contributed by atoms with Crippen LogP contribution in [0, 0.1) is 5.92 Å². The molecule has 3 heteroatoms. The van der Waals surface area contributed by atoms with Gasteiger partial charge in [0.25, 0.3) is 0 Å². The number of amides is 1. The summed E-state index contributed by atoms with van der Waals surface area (Å²) in [6.45, 7) is 5.10. The van der Waals surface area contributed by atoms with E-state index in [4.69, 9.17) is 0 Å². The molecule has 3 nitrogen and oxygen atoms in total. The number of piperidine rings is 1. The largest absolute Gasteiger partial charge is 0.335 e. The van der Waals surface area contributed by atoms with Gasteiger partial charge in [0, 0.05) is 19.0 Å². The molecule has 0 spiro atoms. The molecule has 1 heterocycles. The van der Waals surface area contributed by atoms with Crippen molar-refractivity contribution in [1.82, 2.24) is 10.2 Å². The van der Waals surface area contributed by atoms with Gasteiger partial charge in [0.1, 0.15) is 0 Å². The van der Waals surface area contributed by atoms with Crippen LogP contribution in [-0.2, 0) is 17.8 Å². The lowest BCUT2D eigenvalue weighted by molar-refractivity contribution is -0.133. The maximum Gasteiger partial charge on any atom is 0.223 e. The molecule has 0 unspecified atom stereocenters. The number of nitrogens with one attached hydrogen (secondary N) is 1. The van der Waals surface area contributed by atoms with Gasteiger partial charge in [-0.15, -0.1) is 0 Å². The van der Waals surface area contributed by atoms with Crippen molar-refractivity contribution in [2.24, 2.45) is 5.92 Å². The number of aryl methyl sites for hydroxylation is 1. The van der Waals surface area contributed by atoms with Crippen LogP contribution in [0.4, 0.5) is 0 Å². The topological polar surface area (TPSA) is 32.3 Å². The molecule has 0 atom stereocenters. The molecule has 22 heavy (non-hydrogen) atoms. The molecule has 120 valence electrons. The van der Waals surface area contributed by atoms with Crippen LogP contribution in [-0.4, -0.2) is 29.9 Å². The van der Waals surface area contributed by atoms with Crippen molar-refractivity contribution in [2.45, 2.75) is 58.0 Å². The Balaban J connectivity index is 1.60. The van der Waals surface area contributed by atoms with Gasteiger partial charge in [0.05, 0.1) is 0 Å². The molecule has 1 saturated carbocycles. The Bertz CT molecular complexity index is 487. The standard InChI is InChI=1S/C19H28N2O/c1-2-15-3-5-17(6-4-15)14-21(18-7-8-18)19(22)13-16-9-11-20-12-10-16/h3-6,16,18,20H,2,7-14H2,1H3. The van der Waals surface area contributed by atoms with E-state index in [1.807, 2.05) is 0 Å². The van der Waals surface area contributed by atoms with Gasteiger partial charge >= 0.3 is 0 Å². The third-order valence-corrected chi connectivity index (χ3v) is 5.01. The molecule has 1 N–H and O–H groups in total. The Labute approximate surface area is 134 Å². The predicted molar refractivity (Wildman–Crippen MR) is 89.6 cm³/mol. The lowest BCUT2D eigenvalue weighted by Crippen LogP contribution is -2.36.